The summed E-state index contributed by atoms with van der Waals surface area (Å²) >= 11 is 0. The van der Waals surface area contributed by atoms with Crippen LogP contribution in [0.15, 0.2) is 90.1 Å². The standard InChI is InChI=1S/C65H79N11O11S/c1-5-51(44-29-58(82-4)62(67-35-44)73-23-27-85-37-41(73)3)72-21-22-74(56(36-72)48-9-7-6-8-40(48)2)46-33-65(34-46)16-19-71(20-17-65)45-10-11-49(53(30-45)75-52-15-26-84-39-59(52)87-64-55(75)28-43-12-18-66-61(43)69-64)63(77)70-88(80,81)47-31-54(76(78)79)60-57(32-47)86-38-50(68-60)42-13-24-83-25-14-42/h6-12,18,28-32,35,41-42,46,50-52,56,59,68H,5,13-17,19-27,33-34,36-39H2,1-4H3,(H,66,69)(H,70,77)/t41-,50-,51-,52-,56-,59-/m0/s1. The van der Waals surface area contributed by atoms with E-state index < -0.39 is 37.5 Å². The highest BCUT2D eigenvalue weighted by molar-refractivity contribution is 7.90. The molecule has 0 unspecified atom stereocenters. The summed E-state index contributed by atoms with van der Waals surface area (Å²) in [5, 5.41) is 16.8. The van der Waals surface area contributed by atoms with Gasteiger partial charge in [-0.25, -0.2) is 18.1 Å². The van der Waals surface area contributed by atoms with Gasteiger partial charge in [-0.05, 0) is 130 Å². The van der Waals surface area contributed by atoms with E-state index in [2.05, 4.69) is 96.8 Å². The number of amides is 1. The number of H-pyrrole nitrogens is 1. The minimum absolute atomic E-state index is 0.0255. The molecule has 14 rings (SSSR count). The number of nitrogens with one attached hydrogen (secondary N) is 3. The highest BCUT2D eigenvalue weighted by Gasteiger charge is 2.51. The number of aromatic amines is 1. The van der Waals surface area contributed by atoms with Gasteiger partial charge in [0.25, 0.3) is 21.6 Å². The Hall–Kier alpha value is -7.28. The van der Waals surface area contributed by atoms with E-state index in [9.17, 15) is 23.3 Å². The molecule has 466 valence electrons. The predicted molar refractivity (Wildman–Crippen MR) is 333 cm³/mol. The number of hydrogen-bond donors (Lipinski definition) is 3. The molecule has 1 amide bonds. The number of nitrogens with zero attached hydrogens (tertiary/aromatic N) is 8. The lowest BCUT2D eigenvalue weighted by Crippen LogP contribution is -2.60. The van der Waals surface area contributed by atoms with Gasteiger partial charge in [-0.1, -0.05) is 31.2 Å². The van der Waals surface area contributed by atoms with Crippen molar-refractivity contribution >= 4 is 61.2 Å². The van der Waals surface area contributed by atoms with Crippen LogP contribution in [-0.4, -0.2) is 167 Å². The van der Waals surface area contributed by atoms with Crippen LogP contribution in [0.4, 0.5) is 34.3 Å². The number of anilines is 5. The van der Waals surface area contributed by atoms with E-state index in [1.54, 1.807) is 13.2 Å². The van der Waals surface area contributed by atoms with Crippen molar-refractivity contribution in [3.8, 4) is 17.4 Å². The number of hydrogen-bond acceptors (Lipinski definition) is 19. The number of aromatic nitrogens is 3. The second-order valence-corrected chi connectivity index (χ2v) is 27.1. The van der Waals surface area contributed by atoms with Crippen molar-refractivity contribution in [2.24, 2.45) is 11.3 Å². The fraction of sp³-hybridized carbons (Fsp3) is 0.523. The highest BCUT2D eigenvalue weighted by atomic mass is 32.2. The van der Waals surface area contributed by atoms with Crippen molar-refractivity contribution in [1.29, 1.82) is 0 Å². The Bertz CT molecular complexity index is 3720. The average molecular weight is 1220 g/mol. The van der Waals surface area contributed by atoms with Crippen LogP contribution < -0.4 is 38.9 Å². The lowest BCUT2D eigenvalue weighted by Gasteiger charge is -2.58. The van der Waals surface area contributed by atoms with E-state index in [0.29, 0.717) is 68.4 Å². The first kappa shape index (κ1) is 58.4. The number of benzene rings is 3. The zero-order valence-corrected chi connectivity index (χ0v) is 51.3. The molecular weight excluding hydrogens is 1140 g/mol. The molecule has 0 radical (unpaired) electrons. The minimum atomic E-state index is -4.72. The zero-order valence-electron chi connectivity index (χ0n) is 50.5. The Morgan fingerprint density at radius 1 is 0.920 bits per heavy atom. The molecule has 6 atom stereocenters. The molecule has 10 heterocycles. The number of fused-ring (bicyclic) bond motifs is 4. The second-order valence-electron chi connectivity index (χ2n) is 25.4. The largest absolute Gasteiger partial charge is 0.493 e. The molecule has 5 saturated heterocycles. The predicted octanol–water partition coefficient (Wildman–Crippen LogP) is 9.07. The second kappa shape index (κ2) is 23.9. The van der Waals surface area contributed by atoms with Crippen LogP contribution in [0.2, 0.25) is 0 Å². The number of methoxy groups -OCH3 is 1. The smallest absolute Gasteiger partial charge is 0.297 e. The number of piperidine rings is 1. The number of rotatable bonds is 14. The molecule has 1 spiro atoms. The summed E-state index contributed by atoms with van der Waals surface area (Å²) in [6.45, 7) is 15.3. The summed E-state index contributed by atoms with van der Waals surface area (Å²) in [4.78, 5) is 51.9. The van der Waals surface area contributed by atoms with Gasteiger partial charge in [-0.15, -0.1) is 0 Å². The summed E-state index contributed by atoms with van der Waals surface area (Å²) in [7, 11) is -2.98. The number of aryl methyl sites for hydroxylation is 1. The first-order chi connectivity index (χ1) is 42.7. The maximum absolute atomic E-state index is 15.0. The Balaban J connectivity index is 0.718. The van der Waals surface area contributed by atoms with Gasteiger partial charge in [0, 0.05) is 113 Å². The SMILES string of the molecule is CC[C@@H](c1cnc(N2CCOC[C@@H]2C)c(OC)c1)N1CCN(C2CC3(CCN(c4ccc(C(=O)NS(=O)(=O)c5cc6c(c([N+](=O)[O-])c5)N[C@H](C5CCOCC5)CO6)c(N5c6cc7cc[nH]c7nc6O[C@H]6COCC[C@@H]65)c4)CC3)C2)[C@H](c2ccccc2C)C1. The van der Waals surface area contributed by atoms with Crippen LogP contribution in [0.5, 0.6) is 17.4 Å². The number of pyridine rings is 2. The molecule has 6 fully saturated rings. The first-order valence-corrected chi connectivity index (χ1v) is 32.9. The minimum Gasteiger partial charge on any atom is -0.493 e. The first-order valence-electron chi connectivity index (χ1n) is 31.5. The van der Waals surface area contributed by atoms with Crippen LogP contribution in [0.1, 0.15) is 104 Å². The van der Waals surface area contributed by atoms with Gasteiger partial charge in [0.05, 0.1) is 66.1 Å². The lowest BCUT2D eigenvalue weighted by atomic mass is 9.59. The quantitative estimate of drug-likeness (QED) is 0.0682. The summed E-state index contributed by atoms with van der Waals surface area (Å²) < 4.78 is 67.3. The summed E-state index contributed by atoms with van der Waals surface area (Å²) in [6, 6.07) is 23.4. The van der Waals surface area contributed by atoms with Gasteiger partial charge in [-0.3, -0.25) is 24.7 Å². The van der Waals surface area contributed by atoms with Gasteiger partial charge in [0.2, 0.25) is 5.88 Å². The highest BCUT2D eigenvalue weighted by Crippen LogP contribution is 2.54. The van der Waals surface area contributed by atoms with E-state index in [0.717, 1.165) is 113 Å². The third-order valence-corrected chi connectivity index (χ3v) is 21.7. The normalized spacial score (nSPS) is 24.7. The van der Waals surface area contributed by atoms with Crippen LogP contribution in [-0.2, 0) is 24.2 Å². The number of nitro groups is 1. The van der Waals surface area contributed by atoms with E-state index in [1.165, 1.54) is 22.8 Å². The fourth-order valence-corrected chi connectivity index (χ4v) is 16.6. The number of carbonyl (C=O) groups excluding carboxylic acids is 1. The molecular formula is C65H79N11O11S. The molecule has 88 heavy (non-hydrogen) atoms. The molecule has 1 aliphatic carbocycles. The maximum atomic E-state index is 15.0. The van der Waals surface area contributed by atoms with Crippen LogP contribution >= 0.6 is 0 Å². The number of piperazine rings is 1. The van der Waals surface area contributed by atoms with Crippen molar-refractivity contribution in [3.63, 3.8) is 0 Å². The number of nitro benzene ring substituents is 1. The van der Waals surface area contributed by atoms with Crippen molar-refractivity contribution in [3.05, 3.63) is 118 Å². The Labute approximate surface area is 513 Å². The molecule has 1 saturated carbocycles. The third kappa shape index (κ3) is 10.9. The molecule has 6 aromatic rings. The molecule has 8 aliphatic rings. The molecule has 23 heteroatoms. The molecule has 7 aliphatic heterocycles. The summed E-state index contributed by atoms with van der Waals surface area (Å²) in [5.41, 5.74) is 6.45. The molecule has 3 aromatic heterocycles. The van der Waals surface area contributed by atoms with E-state index in [4.69, 9.17) is 38.4 Å². The number of carbonyl (C=O) groups is 1. The zero-order chi connectivity index (χ0) is 60.4. The topological polar surface area (TPSA) is 232 Å². The summed E-state index contributed by atoms with van der Waals surface area (Å²) in [5.74, 6) is 1.33. The van der Waals surface area contributed by atoms with Gasteiger partial charge >= 0.3 is 0 Å². The van der Waals surface area contributed by atoms with Gasteiger partial charge in [0.15, 0.2) is 23.0 Å². The number of morpholine rings is 1. The van der Waals surface area contributed by atoms with Crippen LogP contribution in [0.25, 0.3) is 11.0 Å². The van der Waals surface area contributed by atoms with E-state index >= 15 is 0 Å². The van der Waals surface area contributed by atoms with Crippen LogP contribution in [0.3, 0.4) is 0 Å². The third-order valence-electron chi connectivity index (χ3n) is 20.4. The fourth-order valence-electron chi connectivity index (χ4n) is 15.6. The van der Waals surface area contributed by atoms with Crippen molar-refractivity contribution in [1.82, 2.24) is 29.5 Å². The van der Waals surface area contributed by atoms with E-state index in [1.807, 2.05) is 30.5 Å². The van der Waals surface area contributed by atoms with E-state index in [-0.39, 0.29) is 71.8 Å². The maximum Gasteiger partial charge on any atom is 0.297 e. The van der Waals surface area contributed by atoms with Gasteiger partial charge < -0.3 is 53.4 Å². The Kier molecular flexibility index (Phi) is 15.9. The van der Waals surface area contributed by atoms with Crippen molar-refractivity contribution in [2.75, 3.05) is 113 Å². The van der Waals surface area contributed by atoms with Gasteiger partial charge in [-0.2, -0.15) is 4.98 Å². The molecule has 22 nitrogen and oxygen atoms in total. The average Bonchev–Trinajstić information content (AvgIpc) is 2.42. The van der Waals surface area contributed by atoms with Crippen LogP contribution in [0, 0.1) is 28.4 Å². The molecule has 0 bridgehead atoms. The van der Waals surface area contributed by atoms with Crippen molar-refractivity contribution < 1.29 is 46.6 Å². The molecule has 3 N–H and O–H groups in total. The van der Waals surface area contributed by atoms with Crippen molar-refractivity contribution in [2.45, 2.75) is 119 Å². The lowest BCUT2D eigenvalue weighted by molar-refractivity contribution is -0.384. The molecule has 3 aromatic carbocycles. The van der Waals surface area contributed by atoms with Gasteiger partial charge in [0.1, 0.15) is 24.0 Å². The monoisotopic (exact) mass is 1220 g/mol. The summed E-state index contributed by atoms with van der Waals surface area (Å²) in [6.07, 6.45) is 10.7. The Morgan fingerprint density at radius 3 is 2.51 bits per heavy atom. The number of ether oxygens (including phenoxy) is 6. The Morgan fingerprint density at radius 2 is 1.73 bits per heavy atom. The number of sulfonamides is 1.